The van der Waals surface area contributed by atoms with Gasteiger partial charge in [0.15, 0.2) is 0 Å². The van der Waals surface area contributed by atoms with Crippen LogP contribution in [0.25, 0.3) is 0 Å². The molecule has 0 fully saturated rings. The molecule has 7 heteroatoms. The largest absolute Gasteiger partial charge is 0.416 e. The van der Waals surface area contributed by atoms with Gasteiger partial charge in [0, 0.05) is 18.7 Å². The van der Waals surface area contributed by atoms with Gasteiger partial charge in [-0.3, -0.25) is 4.79 Å². The number of benzene rings is 2. The first-order valence-corrected chi connectivity index (χ1v) is 7.57. The molecule has 1 amide bonds. The molecule has 0 atom stereocenters. The van der Waals surface area contributed by atoms with Crippen molar-refractivity contribution in [2.75, 3.05) is 11.9 Å². The number of rotatable bonds is 5. The molecule has 0 aromatic heterocycles. The second kappa shape index (κ2) is 7.71. The fourth-order valence-corrected chi connectivity index (χ4v) is 2.20. The summed E-state index contributed by atoms with van der Waals surface area (Å²) in [6.07, 6.45) is -4.49. The molecule has 0 bridgehead atoms. The first kappa shape index (κ1) is 18.3. The Morgan fingerprint density at radius 2 is 1.84 bits per heavy atom. The number of nitrogens with zero attached hydrogens (tertiary/aromatic N) is 1. The van der Waals surface area contributed by atoms with E-state index in [1.807, 2.05) is 6.92 Å². The summed E-state index contributed by atoms with van der Waals surface area (Å²) in [5.74, 6) is -0.170. The van der Waals surface area contributed by atoms with Crippen LogP contribution in [0.2, 0.25) is 0 Å². The maximum absolute atomic E-state index is 12.7. The predicted molar refractivity (Wildman–Crippen MR) is 87.9 cm³/mol. The zero-order chi connectivity index (χ0) is 18.4. The molecule has 4 nitrogen and oxygen atoms in total. The van der Waals surface area contributed by atoms with Crippen molar-refractivity contribution >= 4 is 11.6 Å². The van der Waals surface area contributed by atoms with Gasteiger partial charge in [0.05, 0.1) is 16.8 Å². The smallest absolute Gasteiger partial charge is 0.380 e. The molecule has 0 unspecified atom stereocenters. The highest BCUT2D eigenvalue weighted by molar-refractivity contribution is 5.94. The third-order valence-electron chi connectivity index (χ3n) is 3.50. The van der Waals surface area contributed by atoms with Gasteiger partial charge < -0.3 is 10.6 Å². The molecule has 0 aliphatic rings. The van der Waals surface area contributed by atoms with Gasteiger partial charge in [0.2, 0.25) is 0 Å². The van der Waals surface area contributed by atoms with Crippen LogP contribution in [0.4, 0.5) is 18.9 Å². The molecule has 25 heavy (non-hydrogen) atoms. The SMILES string of the molecule is CCNC(=O)c1ccc(CNc2ccc(C(F)(F)F)cc2C#N)cc1. The maximum atomic E-state index is 12.7. The van der Waals surface area contributed by atoms with Crippen molar-refractivity contribution in [2.45, 2.75) is 19.6 Å². The number of halogens is 3. The molecule has 0 spiro atoms. The highest BCUT2D eigenvalue weighted by Crippen LogP contribution is 2.31. The third-order valence-corrected chi connectivity index (χ3v) is 3.50. The highest BCUT2D eigenvalue weighted by atomic mass is 19.4. The van der Waals surface area contributed by atoms with Crippen molar-refractivity contribution in [1.82, 2.24) is 5.32 Å². The summed E-state index contributed by atoms with van der Waals surface area (Å²) >= 11 is 0. The molecule has 0 aliphatic carbocycles. The van der Waals surface area contributed by atoms with Crippen molar-refractivity contribution in [3.05, 3.63) is 64.7 Å². The Hall–Kier alpha value is -3.01. The number of hydrogen-bond acceptors (Lipinski definition) is 3. The van der Waals surface area contributed by atoms with Gasteiger partial charge in [0.25, 0.3) is 5.91 Å². The van der Waals surface area contributed by atoms with Crippen LogP contribution >= 0.6 is 0 Å². The molecule has 2 rings (SSSR count). The van der Waals surface area contributed by atoms with Crippen LogP contribution in [0, 0.1) is 11.3 Å². The van der Waals surface area contributed by atoms with Crippen molar-refractivity contribution in [3.63, 3.8) is 0 Å². The molecule has 2 aromatic carbocycles. The molecule has 2 aromatic rings. The van der Waals surface area contributed by atoms with E-state index >= 15 is 0 Å². The van der Waals surface area contributed by atoms with Crippen LogP contribution in [0.3, 0.4) is 0 Å². The standard InChI is InChI=1S/C18H16F3N3O/c1-2-23-17(25)13-5-3-12(4-6-13)11-24-16-8-7-15(18(19,20)21)9-14(16)10-22/h3-9,24H,2,11H2,1H3,(H,23,25). The Balaban J connectivity index is 2.09. The van der Waals surface area contributed by atoms with E-state index in [1.54, 1.807) is 30.3 Å². The zero-order valence-corrected chi connectivity index (χ0v) is 13.4. The van der Waals surface area contributed by atoms with E-state index in [2.05, 4.69) is 10.6 Å². The van der Waals surface area contributed by atoms with Crippen molar-refractivity contribution in [3.8, 4) is 6.07 Å². The number of carbonyl (C=O) groups is 1. The quantitative estimate of drug-likeness (QED) is 0.861. The minimum absolute atomic E-state index is 0.0752. The molecule has 2 N–H and O–H groups in total. The fraction of sp³-hybridized carbons (Fsp3) is 0.222. The van der Waals surface area contributed by atoms with E-state index in [0.29, 0.717) is 24.3 Å². The molecular weight excluding hydrogens is 331 g/mol. The predicted octanol–water partition coefficient (Wildman–Crippen LogP) is 3.94. The lowest BCUT2D eigenvalue weighted by atomic mass is 10.1. The maximum Gasteiger partial charge on any atom is 0.416 e. The lowest BCUT2D eigenvalue weighted by Gasteiger charge is -2.12. The summed E-state index contributed by atoms with van der Waals surface area (Å²) in [4.78, 5) is 11.7. The second-order valence-electron chi connectivity index (χ2n) is 5.28. The summed E-state index contributed by atoms with van der Waals surface area (Å²) in [5, 5.41) is 14.7. The Morgan fingerprint density at radius 1 is 1.16 bits per heavy atom. The van der Waals surface area contributed by atoms with E-state index in [0.717, 1.165) is 17.7 Å². The molecule has 130 valence electrons. The van der Waals surface area contributed by atoms with E-state index in [9.17, 15) is 18.0 Å². The van der Waals surface area contributed by atoms with Crippen molar-refractivity contribution in [2.24, 2.45) is 0 Å². The number of nitrogens with one attached hydrogen (secondary N) is 2. The molecule has 0 saturated heterocycles. The van der Waals surface area contributed by atoms with Crippen LogP contribution in [0.1, 0.15) is 34.0 Å². The van der Waals surface area contributed by atoms with Crippen LogP contribution in [-0.4, -0.2) is 12.5 Å². The molecular formula is C18H16F3N3O. The number of alkyl halides is 3. The van der Waals surface area contributed by atoms with Crippen molar-refractivity contribution < 1.29 is 18.0 Å². The number of carbonyl (C=O) groups excluding carboxylic acids is 1. The first-order chi connectivity index (χ1) is 11.8. The Kier molecular flexibility index (Phi) is 5.65. The van der Waals surface area contributed by atoms with E-state index < -0.39 is 11.7 Å². The van der Waals surface area contributed by atoms with Gasteiger partial charge in [-0.25, -0.2) is 0 Å². The molecule has 0 aliphatic heterocycles. The van der Waals surface area contributed by atoms with Gasteiger partial charge in [-0.05, 0) is 42.8 Å². The lowest BCUT2D eigenvalue weighted by molar-refractivity contribution is -0.137. The minimum atomic E-state index is -4.49. The summed E-state index contributed by atoms with van der Waals surface area (Å²) in [5.41, 5.74) is 0.743. The average Bonchev–Trinajstić information content (AvgIpc) is 2.59. The van der Waals surface area contributed by atoms with E-state index in [4.69, 9.17) is 5.26 Å². The first-order valence-electron chi connectivity index (χ1n) is 7.57. The van der Waals surface area contributed by atoms with Crippen LogP contribution in [-0.2, 0) is 12.7 Å². The average molecular weight is 347 g/mol. The van der Waals surface area contributed by atoms with Crippen LogP contribution in [0.5, 0.6) is 0 Å². The lowest BCUT2D eigenvalue weighted by Crippen LogP contribution is -2.22. The number of anilines is 1. The monoisotopic (exact) mass is 347 g/mol. The van der Waals surface area contributed by atoms with Gasteiger partial charge >= 0.3 is 6.18 Å². The zero-order valence-electron chi connectivity index (χ0n) is 13.4. The molecule has 0 saturated carbocycles. The summed E-state index contributed by atoms with van der Waals surface area (Å²) in [7, 11) is 0. The van der Waals surface area contributed by atoms with Crippen LogP contribution in [0.15, 0.2) is 42.5 Å². The Bertz CT molecular complexity index is 793. The normalized spacial score (nSPS) is 10.8. The van der Waals surface area contributed by atoms with Crippen LogP contribution < -0.4 is 10.6 Å². The number of hydrogen-bond donors (Lipinski definition) is 2. The second-order valence-corrected chi connectivity index (χ2v) is 5.28. The molecule has 0 radical (unpaired) electrons. The summed E-state index contributed by atoms with van der Waals surface area (Å²) < 4.78 is 38.0. The Morgan fingerprint density at radius 3 is 2.40 bits per heavy atom. The van der Waals surface area contributed by atoms with Gasteiger partial charge in [-0.2, -0.15) is 18.4 Å². The summed E-state index contributed by atoms with van der Waals surface area (Å²) in [6, 6.07) is 11.6. The highest BCUT2D eigenvalue weighted by Gasteiger charge is 2.31. The minimum Gasteiger partial charge on any atom is -0.380 e. The fourth-order valence-electron chi connectivity index (χ4n) is 2.20. The molecule has 0 heterocycles. The summed E-state index contributed by atoms with van der Waals surface area (Å²) in [6.45, 7) is 2.68. The number of amides is 1. The van der Waals surface area contributed by atoms with Gasteiger partial charge in [0.1, 0.15) is 6.07 Å². The van der Waals surface area contributed by atoms with E-state index in [1.165, 1.54) is 6.07 Å². The van der Waals surface area contributed by atoms with Gasteiger partial charge in [-0.1, -0.05) is 12.1 Å². The van der Waals surface area contributed by atoms with E-state index in [-0.39, 0.29) is 11.5 Å². The van der Waals surface area contributed by atoms with Gasteiger partial charge in [-0.15, -0.1) is 0 Å². The topological polar surface area (TPSA) is 64.9 Å². The van der Waals surface area contributed by atoms with Crippen molar-refractivity contribution in [1.29, 1.82) is 5.26 Å². The Labute approximate surface area is 143 Å². The number of nitriles is 1. The third kappa shape index (κ3) is 4.73.